The molecule has 0 amide bonds. The fourth-order valence-electron chi connectivity index (χ4n) is 1.99. The molecule has 1 rings (SSSR count). The molecule has 0 unspecified atom stereocenters. The third-order valence-corrected chi connectivity index (χ3v) is 3.17. The van der Waals surface area contributed by atoms with Crippen LogP contribution in [0.25, 0.3) is 0 Å². The second-order valence-electron chi connectivity index (χ2n) is 5.47. The number of imidazole rings is 1. The van der Waals surface area contributed by atoms with Gasteiger partial charge in [0.2, 0.25) is 0 Å². The maximum atomic E-state index is 4.23. The molecule has 0 atom stereocenters. The van der Waals surface area contributed by atoms with E-state index in [1.165, 1.54) is 19.3 Å². The lowest BCUT2D eigenvalue weighted by atomic mass is 10.1. The highest BCUT2D eigenvalue weighted by Gasteiger charge is 1.98. The number of guanidine groups is 1. The zero-order chi connectivity index (χ0) is 14.6. The molecule has 0 radical (unpaired) electrons. The summed E-state index contributed by atoms with van der Waals surface area (Å²) in [6.07, 6.45) is 10.5. The molecule has 0 aromatic carbocycles. The first kappa shape index (κ1) is 16.5. The highest BCUT2D eigenvalue weighted by molar-refractivity contribution is 5.79. The summed E-state index contributed by atoms with van der Waals surface area (Å²) in [5.41, 5.74) is 0. The van der Waals surface area contributed by atoms with Crippen molar-refractivity contribution in [1.29, 1.82) is 0 Å². The second-order valence-corrected chi connectivity index (χ2v) is 5.47. The molecule has 114 valence electrons. The molecule has 2 N–H and O–H groups in total. The minimum Gasteiger partial charge on any atom is -0.356 e. The molecule has 1 heterocycles. The van der Waals surface area contributed by atoms with Crippen molar-refractivity contribution in [3.63, 3.8) is 0 Å². The third-order valence-electron chi connectivity index (χ3n) is 3.17. The largest absolute Gasteiger partial charge is 0.356 e. The zero-order valence-electron chi connectivity index (χ0n) is 13.1. The second kappa shape index (κ2) is 10.3. The minimum absolute atomic E-state index is 0.801. The number of rotatable bonds is 9. The van der Waals surface area contributed by atoms with Crippen LogP contribution in [-0.4, -0.2) is 35.6 Å². The fraction of sp³-hybridized carbons (Fsp3) is 0.733. The summed E-state index contributed by atoms with van der Waals surface area (Å²) < 4.78 is 2.09. The summed E-state index contributed by atoms with van der Waals surface area (Å²) >= 11 is 0. The number of unbranched alkanes of at least 4 members (excludes halogenated alkanes) is 1. The number of nitrogens with one attached hydrogen (secondary N) is 2. The smallest absolute Gasteiger partial charge is 0.190 e. The van der Waals surface area contributed by atoms with Crippen LogP contribution < -0.4 is 10.6 Å². The Morgan fingerprint density at radius 3 is 2.55 bits per heavy atom. The van der Waals surface area contributed by atoms with Gasteiger partial charge in [-0.2, -0.15) is 0 Å². The number of hydrogen-bond donors (Lipinski definition) is 2. The van der Waals surface area contributed by atoms with Crippen molar-refractivity contribution in [3.8, 4) is 0 Å². The summed E-state index contributed by atoms with van der Waals surface area (Å²) in [6, 6.07) is 0. The molecular weight excluding hydrogens is 250 g/mol. The first-order chi connectivity index (χ1) is 9.72. The lowest BCUT2D eigenvalue weighted by molar-refractivity contribution is 0.534. The molecular formula is C15H29N5. The molecule has 5 heteroatoms. The average Bonchev–Trinajstić information content (AvgIpc) is 2.93. The number of aliphatic imine (C=N–C) groups is 1. The van der Waals surface area contributed by atoms with Gasteiger partial charge in [0.15, 0.2) is 5.96 Å². The van der Waals surface area contributed by atoms with Crippen molar-refractivity contribution in [1.82, 2.24) is 20.2 Å². The van der Waals surface area contributed by atoms with Gasteiger partial charge in [0, 0.05) is 39.1 Å². The molecule has 1 aromatic heterocycles. The van der Waals surface area contributed by atoms with Crippen molar-refractivity contribution in [2.45, 2.75) is 46.1 Å². The fourth-order valence-corrected chi connectivity index (χ4v) is 1.99. The van der Waals surface area contributed by atoms with E-state index in [1.54, 1.807) is 0 Å². The molecule has 0 fully saturated rings. The summed E-state index contributed by atoms with van der Waals surface area (Å²) in [5, 5.41) is 6.69. The highest BCUT2D eigenvalue weighted by Crippen LogP contribution is 2.04. The predicted octanol–water partition coefficient (Wildman–Crippen LogP) is 2.26. The van der Waals surface area contributed by atoms with Gasteiger partial charge in [-0.05, 0) is 18.8 Å². The lowest BCUT2D eigenvalue weighted by Crippen LogP contribution is -2.38. The van der Waals surface area contributed by atoms with Crippen LogP contribution in [0.4, 0.5) is 0 Å². The van der Waals surface area contributed by atoms with E-state index in [9.17, 15) is 0 Å². The highest BCUT2D eigenvalue weighted by atomic mass is 15.2. The van der Waals surface area contributed by atoms with E-state index in [0.717, 1.165) is 37.9 Å². The molecule has 5 nitrogen and oxygen atoms in total. The van der Waals surface area contributed by atoms with Gasteiger partial charge in [-0.1, -0.05) is 26.7 Å². The van der Waals surface area contributed by atoms with E-state index in [1.807, 2.05) is 25.8 Å². The monoisotopic (exact) mass is 279 g/mol. The normalized spacial score (nSPS) is 11.9. The van der Waals surface area contributed by atoms with Gasteiger partial charge in [-0.25, -0.2) is 4.98 Å². The van der Waals surface area contributed by atoms with E-state index >= 15 is 0 Å². The minimum atomic E-state index is 0.801. The summed E-state index contributed by atoms with van der Waals surface area (Å²) in [5.74, 6) is 1.70. The standard InChI is InChI=1S/C15H29N5/c1-14(2)7-4-5-8-18-15(16-3)19-9-6-11-20-12-10-17-13-20/h10,12-14H,4-9,11H2,1-3H3,(H2,16,18,19). The Labute approximate surface area is 122 Å². The van der Waals surface area contributed by atoms with Crippen molar-refractivity contribution in [2.75, 3.05) is 20.1 Å². The zero-order valence-corrected chi connectivity index (χ0v) is 13.1. The number of aryl methyl sites for hydroxylation is 1. The van der Waals surface area contributed by atoms with Gasteiger partial charge in [0.25, 0.3) is 0 Å². The first-order valence-electron chi connectivity index (χ1n) is 7.62. The van der Waals surface area contributed by atoms with Crippen molar-refractivity contribution in [3.05, 3.63) is 18.7 Å². The Hall–Kier alpha value is -1.52. The van der Waals surface area contributed by atoms with Crippen LogP contribution in [-0.2, 0) is 6.54 Å². The molecule has 0 saturated carbocycles. The molecule has 1 aromatic rings. The van der Waals surface area contributed by atoms with Gasteiger partial charge in [-0.3, -0.25) is 4.99 Å². The van der Waals surface area contributed by atoms with E-state index in [4.69, 9.17) is 0 Å². The third kappa shape index (κ3) is 7.81. The van der Waals surface area contributed by atoms with Gasteiger partial charge in [0.05, 0.1) is 6.33 Å². The van der Waals surface area contributed by atoms with Gasteiger partial charge < -0.3 is 15.2 Å². The molecule has 0 spiro atoms. The van der Waals surface area contributed by atoms with Crippen LogP contribution in [0.2, 0.25) is 0 Å². The van der Waals surface area contributed by atoms with E-state index in [2.05, 4.69) is 39.0 Å². The average molecular weight is 279 g/mol. The van der Waals surface area contributed by atoms with Gasteiger partial charge in [-0.15, -0.1) is 0 Å². The maximum Gasteiger partial charge on any atom is 0.190 e. The quantitative estimate of drug-likeness (QED) is 0.414. The Morgan fingerprint density at radius 2 is 1.95 bits per heavy atom. The predicted molar refractivity (Wildman–Crippen MR) is 84.9 cm³/mol. The Kier molecular flexibility index (Phi) is 8.51. The molecule has 0 aliphatic heterocycles. The van der Waals surface area contributed by atoms with Gasteiger partial charge in [0.1, 0.15) is 0 Å². The van der Waals surface area contributed by atoms with Crippen LogP contribution in [0, 0.1) is 5.92 Å². The SMILES string of the molecule is CN=C(NCCCCC(C)C)NCCCn1ccnc1. The molecule has 20 heavy (non-hydrogen) atoms. The topological polar surface area (TPSA) is 54.2 Å². The Morgan fingerprint density at radius 1 is 1.20 bits per heavy atom. The van der Waals surface area contributed by atoms with Crippen LogP contribution >= 0.6 is 0 Å². The molecule has 0 bridgehead atoms. The first-order valence-corrected chi connectivity index (χ1v) is 7.62. The molecule has 0 aliphatic carbocycles. The van der Waals surface area contributed by atoms with Crippen LogP contribution in [0.15, 0.2) is 23.7 Å². The van der Waals surface area contributed by atoms with Crippen molar-refractivity contribution in [2.24, 2.45) is 10.9 Å². The lowest BCUT2D eigenvalue weighted by Gasteiger charge is -2.12. The van der Waals surface area contributed by atoms with E-state index < -0.39 is 0 Å². The molecule has 0 aliphatic rings. The Bertz CT molecular complexity index is 356. The maximum absolute atomic E-state index is 4.23. The number of hydrogen-bond acceptors (Lipinski definition) is 2. The van der Waals surface area contributed by atoms with Crippen LogP contribution in [0.5, 0.6) is 0 Å². The molecule has 0 saturated heterocycles. The van der Waals surface area contributed by atoms with E-state index in [-0.39, 0.29) is 0 Å². The van der Waals surface area contributed by atoms with Crippen molar-refractivity contribution < 1.29 is 0 Å². The van der Waals surface area contributed by atoms with Crippen molar-refractivity contribution >= 4 is 5.96 Å². The number of nitrogens with zero attached hydrogens (tertiary/aromatic N) is 3. The van der Waals surface area contributed by atoms with Crippen LogP contribution in [0.1, 0.15) is 39.5 Å². The number of aromatic nitrogens is 2. The van der Waals surface area contributed by atoms with Crippen LogP contribution in [0.3, 0.4) is 0 Å². The van der Waals surface area contributed by atoms with E-state index in [0.29, 0.717) is 0 Å². The summed E-state index contributed by atoms with van der Waals surface area (Å²) in [6.45, 7) is 7.44. The van der Waals surface area contributed by atoms with Gasteiger partial charge >= 0.3 is 0 Å². The Balaban J connectivity index is 2.02. The summed E-state index contributed by atoms with van der Waals surface area (Å²) in [7, 11) is 1.82. The summed E-state index contributed by atoms with van der Waals surface area (Å²) in [4.78, 5) is 8.26.